The maximum atomic E-state index is 4.92. The molecule has 10 rings (SSSR count). The summed E-state index contributed by atoms with van der Waals surface area (Å²) < 4.78 is 2.38. The van der Waals surface area contributed by atoms with E-state index < -0.39 is 0 Å². The van der Waals surface area contributed by atoms with E-state index in [-0.39, 0.29) is 0 Å². The Bertz CT molecular complexity index is 2800. The fourth-order valence-electron chi connectivity index (χ4n) is 7.60. The number of nitrogens with zero attached hydrogens (tertiary/aromatic N) is 4. The topological polar surface area (TPSA) is 34.0 Å². The van der Waals surface area contributed by atoms with Crippen LogP contribution in [-0.4, -0.2) is 14.5 Å². The Hall–Kier alpha value is -6.78. The molecule has 0 radical (unpaired) electrons. The maximum absolute atomic E-state index is 4.92. The van der Waals surface area contributed by atoms with Crippen LogP contribution in [-0.2, 0) is 0 Å². The third-order valence-electron chi connectivity index (χ3n) is 9.83. The number of aromatic nitrogens is 3. The minimum absolute atomic E-state index is 0.909. The fourth-order valence-corrected chi connectivity index (χ4v) is 7.60. The largest absolute Gasteiger partial charge is 0.310 e. The van der Waals surface area contributed by atoms with Crippen molar-refractivity contribution in [2.45, 2.75) is 0 Å². The third-order valence-corrected chi connectivity index (χ3v) is 9.83. The first-order valence-corrected chi connectivity index (χ1v) is 16.9. The predicted molar refractivity (Wildman–Crippen MR) is 209 cm³/mol. The molecule has 4 nitrogen and oxygen atoms in total. The summed E-state index contributed by atoms with van der Waals surface area (Å²) in [5, 5.41) is 6.95. The van der Waals surface area contributed by atoms with Gasteiger partial charge >= 0.3 is 0 Å². The Labute approximate surface area is 289 Å². The molecular weight excluding hydrogens is 609 g/mol. The molecule has 2 aromatic heterocycles. The van der Waals surface area contributed by atoms with Crippen LogP contribution in [0.2, 0.25) is 0 Å². The normalized spacial score (nSPS) is 11.6. The van der Waals surface area contributed by atoms with Crippen LogP contribution in [0.3, 0.4) is 0 Å². The molecule has 0 N–H and O–H groups in total. The lowest BCUT2D eigenvalue weighted by atomic mass is 9.95. The SMILES string of the molecule is c1ccc(-c2ccc3c4ccc(-n5c6ccccc6c6cc(N(c7ccccc7)c7ccccc7)ccc65)cc4c4nccnc4c3c2)cc1. The van der Waals surface area contributed by atoms with E-state index in [1.165, 1.54) is 32.7 Å². The van der Waals surface area contributed by atoms with Gasteiger partial charge in [-0.3, -0.25) is 9.97 Å². The van der Waals surface area contributed by atoms with E-state index in [1.54, 1.807) is 12.4 Å². The second-order valence-electron chi connectivity index (χ2n) is 12.7. The molecule has 0 amide bonds. The zero-order chi connectivity index (χ0) is 33.0. The van der Waals surface area contributed by atoms with Gasteiger partial charge < -0.3 is 9.47 Å². The molecule has 0 saturated carbocycles. The number of anilines is 3. The molecule has 0 saturated heterocycles. The minimum atomic E-state index is 0.909. The molecule has 8 aromatic carbocycles. The molecule has 0 aliphatic heterocycles. The number of hydrogen-bond donors (Lipinski definition) is 0. The number of fused-ring (bicyclic) bond motifs is 9. The predicted octanol–water partition coefficient (Wildman–Crippen LogP) is 12.2. The van der Waals surface area contributed by atoms with E-state index in [0.29, 0.717) is 0 Å². The summed E-state index contributed by atoms with van der Waals surface area (Å²) in [7, 11) is 0. The second-order valence-corrected chi connectivity index (χ2v) is 12.7. The first-order valence-electron chi connectivity index (χ1n) is 16.9. The van der Waals surface area contributed by atoms with Crippen LogP contribution < -0.4 is 4.90 Å². The smallest absolute Gasteiger partial charge is 0.0972 e. The van der Waals surface area contributed by atoms with Gasteiger partial charge in [0.25, 0.3) is 0 Å². The molecule has 0 spiro atoms. The highest BCUT2D eigenvalue weighted by molar-refractivity contribution is 6.24. The van der Waals surface area contributed by atoms with Gasteiger partial charge in [-0.2, -0.15) is 0 Å². The quantitative estimate of drug-likeness (QED) is 0.176. The van der Waals surface area contributed by atoms with Crippen LogP contribution in [0.15, 0.2) is 182 Å². The summed E-state index contributed by atoms with van der Waals surface area (Å²) in [6, 6.07) is 60.7. The Kier molecular flexibility index (Phi) is 6.46. The summed E-state index contributed by atoms with van der Waals surface area (Å²) >= 11 is 0. The van der Waals surface area contributed by atoms with E-state index in [2.05, 4.69) is 179 Å². The standard InChI is InChI=1S/C46H30N4/c1-4-12-31(13-5-1)32-20-23-37-38-24-21-36(30-42(38)46-45(41(37)28-32)47-26-27-48-46)50-43-19-11-10-18-39(43)40-29-35(22-25-44(40)50)49(33-14-6-2-7-15-33)34-16-8-3-9-17-34/h1-30H. The van der Waals surface area contributed by atoms with Gasteiger partial charge in [0.2, 0.25) is 0 Å². The highest BCUT2D eigenvalue weighted by atomic mass is 15.1. The number of hydrogen-bond acceptors (Lipinski definition) is 3. The Balaban J connectivity index is 1.19. The lowest BCUT2D eigenvalue weighted by Gasteiger charge is -2.25. The van der Waals surface area contributed by atoms with Crippen molar-refractivity contribution >= 4 is 71.4 Å². The van der Waals surface area contributed by atoms with Gasteiger partial charge in [-0.05, 0) is 88.6 Å². The lowest BCUT2D eigenvalue weighted by molar-refractivity contribution is 1.18. The molecule has 0 atom stereocenters. The van der Waals surface area contributed by atoms with Crippen LogP contribution in [0.1, 0.15) is 0 Å². The monoisotopic (exact) mass is 638 g/mol. The van der Waals surface area contributed by atoms with Crippen LogP contribution in [0.5, 0.6) is 0 Å². The van der Waals surface area contributed by atoms with Crippen molar-refractivity contribution < 1.29 is 0 Å². The van der Waals surface area contributed by atoms with Crippen LogP contribution in [0.25, 0.3) is 71.2 Å². The number of benzene rings is 8. The molecular formula is C46H30N4. The number of para-hydroxylation sites is 3. The average molecular weight is 639 g/mol. The summed E-state index contributed by atoms with van der Waals surface area (Å²) in [4.78, 5) is 12.1. The van der Waals surface area contributed by atoms with Crippen LogP contribution in [0, 0.1) is 0 Å². The molecule has 2 heterocycles. The fraction of sp³-hybridized carbons (Fsp3) is 0. The first-order chi connectivity index (χ1) is 24.8. The Morgan fingerprint density at radius 3 is 1.64 bits per heavy atom. The van der Waals surface area contributed by atoms with Crippen molar-refractivity contribution in [1.82, 2.24) is 14.5 Å². The van der Waals surface area contributed by atoms with Crippen molar-refractivity contribution in [3.8, 4) is 16.8 Å². The van der Waals surface area contributed by atoms with Gasteiger partial charge in [-0.1, -0.05) is 103 Å². The van der Waals surface area contributed by atoms with Crippen molar-refractivity contribution in [3.05, 3.63) is 182 Å². The molecule has 10 aromatic rings. The molecule has 0 unspecified atom stereocenters. The third kappa shape index (κ3) is 4.46. The van der Waals surface area contributed by atoms with Gasteiger partial charge in [-0.25, -0.2) is 0 Å². The first kappa shape index (κ1) is 28.3. The van der Waals surface area contributed by atoms with Gasteiger partial charge in [0.1, 0.15) is 0 Å². The number of rotatable bonds is 5. The van der Waals surface area contributed by atoms with Crippen molar-refractivity contribution in [2.24, 2.45) is 0 Å². The van der Waals surface area contributed by atoms with E-state index in [1.807, 2.05) is 0 Å². The highest BCUT2D eigenvalue weighted by Gasteiger charge is 2.18. The molecule has 50 heavy (non-hydrogen) atoms. The van der Waals surface area contributed by atoms with Crippen molar-refractivity contribution in [3.63, 3.8) is 0 Å². The minimum Gasteiger partial charge on any atom is -0.310 e. The van der Waals surface area contributed by atoms with Crippen molar-refractivity contribution in [2.75, 3.05) is 4.90 Å². The van der Waals surface area contributed by atoms with E-state index in [4.69, 9.17) is 9.97 Å². The van der Waals surface area contributed by atoms with E-state index in [0.717, 1.165) is 55.6 Å². The second kappa shape index (κ2) is 11.4. The molecule has 0 fully saturated rings. The van der Waals surface area contributed by atoms with Gasteiger partial charge in [0, 0.05) is 56.7 Å². The summed E-state index contributed by atoms with van der Waals surface area (Å²) in [5.41, 5.74) is 10.9. The van der Waals surface area contributed by atoms with Gasteiger partial charge in [-0.15, -0.1) is 0 Å². The Morgan fingerprint density at radius 2 is 0.940 bits per heavy atom. The van der Waals surface area contributed by atoms with E-state index in [9.17, 15) is 0 Å². The molecule has 0 bridgehead atoms. The summed E-state index contributed by atoms with van der Waals surface area (Å²) in [5.74, 6) is 0. The zero-order valence-corrected chi connectivity index (χ0v) is 27.1. The highest BCUT2D eigenvalue weighted by Crippen LogP contribution is 2.41. The Morgan fingerprint density at radius 1 is 0.360 bits per heavy atom. The van der Waals surface area contributed by atoms with Crippen LogP contribution in [0.4, 0.5) is 17.1 Å². The van der Waals surface area contributed by atoms with Gasteiger partial charge in [0.05, 0.1) is 22.1 Å². The average Bonchev–Trinajstić information content (AvgIpc) is 3.53. The zero-order valence-electron chi connectivity index (χ0n) is 27.1. The van der Waals surface area contributed by atoms with Crippen LogP contribution >= 0.6 is 0 Å². The van der Waals surface area contributed by atoms with Gasteiger partial charge in [0.15, 0.2) is 0 Å². The molecule has 0 aliphatic carbocycles. The molecule has 4 heteroatoms. The van der Waals surface area contributed by atoms with Crippen molar-refractivity contribution in [1.29, 1.82) is 0 Å². The lowest BCUT2D eigenvalue weighted by Crippen LogP contribution is -2.09. The summed E-state index contributed by atoms with van der Waals surface area (Å²) in [6.07, 6.45) is 3.60. The molecule has 0 aliphatic rings. The van der Waals surface area contributed by atoms with E-state index >= 15 is 0 Å². The summed E-state index contributed by atoms with van der Waals surface area (Å²) in [6.45, 7) is 0. The maximum Gasteiger partial charge on any atom is 0.0972 e. The molecule has 234 valence electrons.